The molecule has 0 bridgehead atoms. The van der Waals surface area contributed by atoms with Crippen LogP contribution in [0.25, 0.3) is 0 Å². The second-order valence-electron chi connectivity index (χ2n) is 3.21. The molecule has 0 aliphatic heterocycles. The van der Waals surface area contributed by atoms with Crippen LogP contribution in [0.4, 0.5) is 24.9 Å². The van der Waals surface area contributed by atoms with E-state index in [1.54, 1.807) is 0 Å². The van der Waals surface area contributed by atoms with Gasteiger partial charge in [-0.15, -0.1) is 0 Å². The number of nitrogens with one attached hydrogen (secondary N) is 2. The molecule has 1 aromatic heterocycles. The van der Waals surface area contributed by atoms with Gasteiger partial charge in [0.2, 0.25) is 5.95 Å². The highest BCUT2D eigenvalue weighted by Crippen LogP contribution is 2.29. The Kier molecular flexibility index (Phi) is 4.50. The summed E-state index contributed by atoms with van der Waals surface area (Å²) in [6.07, 6.45) is -4.08. The Morgan fingerprint density at radius 2 is 2.06 bits per heavy atom. The number of nitrogens with zero attached hydrogens (tertiary/aromatic N) is 2. The lowest BCUT2D eigenvalue weighted by molar-refractivity contribution is -0.141. The number of halogens is 3. The second-order valence-corrected chi connectivity index (χ2v) is 3.21. The largest absolute Gasteiger partial charge is 0.433 e. The normalized spacial score (nSPS) is 11.4. The van der Waals surface area contributed by atoms with Gasteiger partial charge in [0.15, 0.2) is 5.69 Å². The van der Waals surface area contributed by atoms with E-state index in [0.717, 1.165) is 6.07 Å². The molecular weight excluding hydrogens is 237 g/mol. The lowest BCUT2D eigenvalue weighted by Gasteiger charge is -2.11. The van der Waals surface area contributed by atoms with Crippen LogP contribution in [0.15, 0.2) is 6.07 Å². The minimum atomic E-state index is -4.51. The average molecular weight is 250 g/mol. The third-order valence-corrected chi connectivity index (χ3v) is 1.88. The summed E-state index contributed by atoms with van der Waals surface area (Å²) >= 11 is 0. The Hall–Kier alpha value is -1.57. The van der Waals surface area contributed by atoms with Crippen molar-refractivity contribution in [3.05, 3.63) is 11.8 Å². The van der Waals surface area contributed by atoms with Crippen molar-refractivity contribution in [2.45, 2.75) is 12.6 Å². The first-order valence-electron chi connectivity index (χ1n) is 4.96. The number of rotatable bonds is 5. The van der Waals surface area contributed by atoms with Gasteiger partial charge in [-0.2, -0.15) is 18.2 Å². The van der Waals surface area contributed by atoms with Gasteiger partial charge in [-0.05, 0) is 6.42 Å². The third kappa shape index (κ3) is 4.06. The Morgan fingerprint density at radius 1 is 1.35 bits per heavy atom. The van der Waals surface area contributed by atoms with Crippen LogP contribution in [0.3, 0.4) is 0 Å². The quantitative estimate of drug-likeness (QED) is 0.688. The molecule has 17 heavy (non-hydrogen) atoms. The van der Waals surface area contributed by atoms with Crippen LogP contribution >= 0.6 is 0 Å². The van der Waals surface area contributed by atoms with Gasteiger partial charge in [-0.3, -0.25) is 0 Å². The molecule has 1 heterocycles. The zero-order valence-corrected chi connectivity index (χ0v) is 9.17. The fraction of sp³-hybridized carbons (Fsp3) is 0.556. The maximum Gasteiger partial charge on any atom is 0.433 e. The second kappa shape index (κ2) is 5.67. The fourth-order valence-electron chi connectivity index (χ4n) is 1.09. The number of aromatic nitrogens is 2. The fourth-order valence-corrected chi connectivity index (χ4v) is 1.09. The molecule has 0 unspecified atom stereocenters. The van der Waals surface area contributed by atoms with Gasteiger partial charge in [0.05, 0.1) is 0 Å². The molecule has 0 radical (unpaired) electrons. The molecule has 3 N–H and O–H groups in total. The number of aliphatic hydroxyl groups is 1. The molecule has 1 rings (SSSR count). The molecule has 8 heteroatoms. The van der Waals surface area contributed by atoms with Gasteiger partial charge >= 0.3 is 6.18 Å². The molecule has 0 atom stereocenters. The van der Waals surface area contributed by atoms with Crippen LogP contribution in [0, 0.1) is 0 Å². The van der Waals surface area contributed by atoms with Crippen LogP contribution < -0.4 is 10.6 Å². The van der Waals surface area contributed by atoms with Crippen LogP contribution in [-0.4, -0.2) is 35.3 Å². The van der Waals surface area contributed by atoms with E-state index >= 15 is 0 Å². The number of alkyl halides is 3. The number of hydrogen-bond acceptors (Lipinski definition) is 5. The SMILES string of the molecule is CNc1nc(NCCCO)cc(C(F)(F)F)n1. The topological polar surface area (TPSA) is 70.1 Å². The summed E-state index contributed by atoms with van der Waals surface area (Å²) in [5.74, 6) is -0.0311. The molecule has 96 valence electrons. The van der Waals surface area contributed by atoms with Crippen molar-refractivity contribution in [1.82, 2.24) is 9.97 Å². The van der Waals surface area contributed by atoms with E-state index in [4.69, 9.17) is 5.11 Å². The van der Waals surface area contributed by atoms with Gasteiger partial charge in [-0.1, -0.05) is 0 Å². The Balaban J connectivity index is 2.89. The van der Waals surface area contributed by atoms with Gasteiger partial charge in [0, 0.05) is 26.3 Å². The Bertz CT molecular complexity index is 370. The van der Waals surface area contributed by atoms with Gasteiger partial charge in [-0.25, -0.2) is 4.98 Å². The van der Waals surface area contributed by atoms with Gasteiger partial charge in [0.1, 0.15) is 5.82 Å². The molecule has 0 spiro atoms. The van der Waals surface area contributed by atoms with Crippen molar-refractivity contribution < 1.29 is 18.3 Å². The molecule has 0 amide bonds. The Morgan fingerprint density at radius 3 is 2.59 bits per heavy atom. The maximum atomic E-state index is 12.5. The minimum absolute atomic E-state index is 0.0386. The zero-order valence-electron chi connectivity index (χ0n) is 9.17. The van der Waals surface area contributed by atoms with Crippen LogP contribution in [0.1, 0.15) is 12.1 Å². The molecule has 0 fully saturated rings. The molecule has 0 saturated heterocycles. The standard InChI is InChI=1S/C9H13F3N4O/c1-13-8-15-6(9(10,11)12)5-7(16-8)14-3-2-4-17/h5,17H,2-4H2,1H3,(H2,13,14,15,16). The van der Waals surface area contributed by atoms with Crippen molar-refractivity contribution in [2.24, 2.45) is 0 Å². The monoisotopic (exact) mass is 250 g/mol. The summed E-state index contributed by atoms with van der Waals surface area (Å²) in [5, 5.41) is 13.7. The number of hydrogen-bond donors (Lipinski definition) is 3. The highest BCUT2D eigenvalue weighted by atomic mass is 19.4. The van der Waals surface area contributed by atoms with Crippen molar-refractivity contribution >= 4 is 11.8 Å². The smallest absolute Gasteiger partial charge is 0.396 e. The molecule has 0 aliphatic rings. The molecule has 5 nitrogen and oxygen atoms in total. The molecule has 1 aromatic rings. The van der Waals surface area contributed by atoms with Crippen molar-refractivity contribution in [3.63, 3.8) is 0 Å². The summed E-state index contributed by atoms with van der Waals surface area (Å²) in [7, 11) is 1.44. The van der Waals surface area contributed by atoms with Crippen LogP contribution in [0.5, 0.6) is 0 Å². The number of anilines is 2. The summed E-state index contributed by atoms with van der Waals surface area (Å²) in [6, 6.07) is 0.832. The molecule has 0 saturated carbocycles. The first-order chi connectivity index (χ1) is 7.97. The molecule has 0 aliphatic carbocycles. The van der Waals surface area contributed by atoms with Crippen LogP contribution in [0.2, 0.25) is 0 Å². The first kappa shape index (κ1) is 13.5. The highest BCUT2D eigenvalue weighted by molar-refractivity contribution is 5.42. The lowest BCUT2D eigenvalue weighted by Crippen LogP contribution is -2.13. The molecular formula is C9H13F3N4O. The predicted octanol–water partition coefficient (Wildman–Crippen LogP) is 1.33. The average Bonchev–Trinajstić information content (AvgIpc) is 2.28. The van der Waals surface area contributed by atoms with E-state index in [1.807, 2.05) is 0 Å². The van der Waals surface area contributed by atoms with Gasteiger partial charge in [0.25, 0.3) is 0 Å². The minimum Gasteiger partial charge on any atom is -0.396 e. The van der Waals surface area contributed by atoms with E-state index in [2.05, 4.69) is 20.6 Å². The van der Waals surface area contributed by atoms with E-state index in [1.165, 1.54) is 7.05 Å². The Labute approximate surface area is 96.1 Å². The van der Waals surface area contributed by atoms with E-state index < -0.39 is 11.9 Å². The zero-order chi connectivity index (χ0) is 12.9. The van der Waals surface area contributed by atoms with E-state index in [-0.39, 0.29) is 18.4 Å². The van der Waals surface area contributed by atoms with E-state index in [0.29, 0.717) is 13.0 Å². The lowest BCUT2D eigenvalue weighted by atomic mass is 10.3. The number of aliphatic hydroxyl groups excluding tert-OH is 1. The van der Waals surface area contributed by atoms with Crippen molar-refractivity contribution in [2.75, 3.05) is 30.8 Å². The predicted molar refractivity (Wildman–Crippen MR) is 56.8 cm³/mol. The highest BCUT2D eigenvalue weighted by Gasteiger charge is 2.33. The first-order valence-corrected chi connectivity index (χ1v) is 4.96. The summed E-state index contributed by atoms with van der Waals surface area (Å²) in [6.45, 7) is 0.303. The third-order valence-electron chi connectivity index (χ3n) is 1.88. The van der Waals surface area contributed by atoms with Gasteiger partial charge < -0.3 is 15.7 Å². The van der Waals surface area contributed by atoms with Crippen LogP contribution in [-0.2, 0) is 6.18 Å². The molecule has 0 aromatic carbocycles. The summed E-state index contributed by atoms with van der Waals surface area (Å²) < 4.78 is 37.5. The summed E-state index contributed by atoms with van der Waals surface area (Å²) in [4.78, 5) is 7.14. The van der Waals surface area contributed by atoms with Crippen molar-refractivity contribution in [3.8, 4) is 0 Å². The van der Waals surface area contributed by atoms with Crippen molar-refractivity contribution in [1.29, 1.82) is 0 Å². The summed E-state index contributed by atoms with van der Waals surface area (Å²) in [5.41, 5.74) is -1.01. The van der Waals surface area contributed by atoms with E-state index in [9.17, 15) is 13.2 Å². The maximum absolute atomic E-state index is 12.5.